The summed E-state index contributed by atoms with van der Waals surface area (Å²) in [4.78, 5) is 24.0. The third-order valence-corrected chi connectivity index (χ3v) is 6.70. The zero-order valence-corrected chi connectivity index (χ0v) is 18.5. The van der Waals surface area contributed by atoms with Crippen LogP contribution in [-0.4, -0.2) is 87.2 Å². The summed E-state index contributed by atoms with van der Waals surface area (Å²) in [5, 5.41) is 4.11. The third kappa shape index (κ3) is 4.83. The maximum Gasteiger partial charge on any atom is 0.244 e. The van der Waals surface area contributed by atoms with E-state index >= 15 is 0 Å². The van der Waals surface area contributed by atoms with Crippen LogP contribution in [0.3, 0.4) is 0 Å². The van der Waals surface area contributed by atoms with Gasteiger partial charge in [0.05, 0.1) is 6.61 Å². The minimum Gasteiger partial charge on any atom is -0.381 e. The van der Waals surface area contributed by atoms with Gasteiger partial charge in [-0.15, -0.1) is 0 Å². The highest BCUT2D eigenvalue weighted by molar-refractivity contribution is 6.30. The number of hydrogen-bond donors (Lipinski definition) is 1. The average Bonchev–Trinajstić information content (AvgIpc) is 3.41. The number of halogens is 1. The number of nitrogens with one attached hydrogen (secondary N) is 1. The van der Waals surface area contributed by atoms with Gasteiger partial charge >= 0.3 is 0 Å². The molecule has 3 aliphatic rings. The molecule has 3 heterocycles. The molecule has 8 heteroatoms. The van der Waals surface area contributed by atoms with E-state index in [-0.39, 0.29) is 17.9 Å². The Morgan fingerprint density at radius 1 is 1.13 bits per heavy atom. The van der Waals surface area contributed by atoms with Crippen LogP contribution in [0, 0.1) is 5.41 Å². The molecule has 1 aromatic rings. The van der Waals surface area contributed by atoms with Crippen molar-refractivity contribution in [1.29, 1.82) is 0 Å². The van der Waals surface area contributed by atoms with E-state index < -0.39 is 0 Å². The summed E-state index contributed by atoms with van der Waals surface area (Å²) >= 11 is 5.98. The maximum atomic E-state index is 12.8. The Bertz CT molecular complexity index is 755. The number of ether oxygens (including phenoxy) is 1. The molecule has 7 nitrogen and oxygen atoms in total. The number of piperazine rings is 1. The number of aliphatic imine (C=N–C) groups is 1. The summed E-state index contributed by atoms with van der Waals surface area (Å²) < 4.78 is 5.64. The summed E-state index contributed by atoms with van der Waals surface area (Å²) in [7, 11) is 0. The molecule has 0 aliphatic carbocycles. The van der Waals surface area contributed by atoms with Crippen LogP contribution in [0.5, 0.6) is 0 Å². The number of rotatable bonds is 4. The molecule has 0 saturated carbocycles. The molecular formula is C22H32ClN5O2. The van der Waals surface area contributed by atoms with Gasteiger partial charge in [-0.05, 0) is 44.0 Å². The molecule has 1 aromatic carbocycles. The molecule has 4 rings (SSSR count). The number of carbonyl (C=O) groups excluding carboxylic acids is 1. The van der Waals surface area contributed by atoms with Crippen molar-refractivity contribution in [2.75, 3.05) is 70.5 Å². The molecule has 1 amide bonds. The maximum absolute atomic E-state index is 12.8. The number of nitrogens with zero attached hydrogens (tertiary/aromatic N) is 4. The lowest BCUT2D eigenvalue weighted by Gasteiger charge is -2.36. The van der Waals surface area contributed by atoms with E-state index in [1.165, 1.54) is 0 Å². The highest BCUT2D eigenvalue weighted by Crippen LogP contribution is 2.38. The largest absolute Gasteiger partial charge is 0.381 e. The van der Waals surface area contributed by atoms with Crippen LogP contribution in [0.25, 0.3) is 0 Å². The zero-order valence-electron chi connectivity index (χ0n) is 17.8. The Morgan fingerprint density at radius 3 is 2.57 bits per heavy atom. The first-order valence-corrected chi connectivity index (χ1v) is 11.4. The van der Waals surface area contributed by atoms with Gasteiger partial charge in [0.15, 0.2) is 5.96 Å². The van der Waals surface area contributed by atoms with E-state index in [0.29, 0.717) is 0 Å². The SMILES string of the molecule is CCNC(=NCC(=O)N1CCN(c2ccc(Cl)cc2)CC1)N1CCC2(CCOC2)C1. The standard InChI is InChI=1S/C22H32ClN5O2/c1-2-24-21(28-9-7-22(16-28)8-14-30-17-22)25-15-20(29)27-12-10-26(11-13-27)19-5-3-18(23)4-6-19/h3-6H,2,7-17H2,1H3,(H,24,25). The van der Waals surface area contributed by atoms with Crippen molar-refractivity contribution in [1.82, 2.24) is 15.1 Å². The van der Waals surface area contributed by atoms with Gasteiger partial charge in [0, 0.05) is 68.5 Å². The fraction of sp³-hybridized carbons (Fsp3) is 0.636. The fourth-order valence-electron chi connectivity index (χ4n) is 4.62. The third-order valence-electron chi connectivity index (χ3n) is 6.45. The highest BCUT2D eigenvalue weighted by atomic mass is 35.5. The van der Waals surface area contributed by atoms with Crippen molar-refractivity contribution in [3.05, 3.63) is 29.3 Å². The van der Waals surface area contributed by atoms with Crippen molar-refractivity contribution in [3.8, 4) is 0 Å². The lowest BCUT2D eigenvalue weighted by atomic mass is 9.87. The van der Waals surface area contributed by atoms with Crippen molar-refractivity contribution >= 4 is 29.2 Å². The average molecular weight is 434 g/mol. The molecule has 3 fully saturated rings. The Labute approximate surface area is 184 Å². The van der Waals surface area contributed by atoms with Crippen LogP contribution in [-0.2, 0) is 9.53 Å². The van der Waals surface area contributed by atoms with E-state index in [4.69, 9.17) is 16.3 Å². The predicted molar refractivity (Wildman–Crippen MR) is 120 cm³/mol. The number of benzene rings is 1. The number of carbonyl (C=O) groups is 1. The van der Waals surface area contributed by atoms with E-state index in [1.807, 2.05) is 29.2 Å². The van der Waals surface area contributed by atoms with Gasteiger partial charge in [-0.3, -0.25) is 4.79 Å². The lowest BCUT2D eigenvalue weighted by Crippen LogP contribution is -2.49. The van der Waals surface area contributed by atoms with Crippen molar-refractivity contribution in [2.45, 2.75) is 19.8 Å². The smallest absolute Gasteiger partial charge is 0.244 e. The molecular weight excluding hydrogens is 402 g/mol. The normalized spacial score (nSPS) is 24.7. The Morgan fingerprint density at radius 2 is 1.90 bits per heavy atom. The molecule has 0 aromatic heterocycles. The van der Waals surface area contributed by atoms with E-state index in [1.54, 1.807) is 0 Å². The van der Waals surface area contributed by atoms with Crippen LogP contribution in [0.1, 0.15) is 19.8 Å². The molecule has 0 radical (unpaired) electrons. The van der Waals surface area contributed by atoms with Crippen LogP contribution in [0.4, 0.5) is 5.69 Å². The number of amides is 1. The molecule has 30 heavy (non-hydrogen) atoms. The monoisotopic (exact) mass is 433 g/mol. The summed E-state index contributed by atoms with van der Waals surface area (Å²) in [6.45, 7) is 9.80. The minimum atomic E-state index is 0.0965. The van der Waals surface area contributed by atoms with Gasteiger partial charge in [-0.2, -0.15) is 0 Å². The first-order chi connectivity index (χ1) is 14.6. The Kier molecular flexibility index (Phi) is 6.68. The number of hydrogen-bond acceptors (Lipinski definition) is 4. The molecule has 164 valence electrons. The highest BCUT2D eigenvalue weighted by Gasteiger charge is 2.42. The summed E-state index contributed by atoms with van der Waals surface area (Å²) in [6.07, 6.45) is 2.26. The quantitative estimate of drug-likeness (QED) is 0.581. The van der Waals surface area contributed by atoms with E-state index in [9.17, 15) is 4.79 Å². The second-order valence-corrected chi connectivity index (χ2v) is 8.92. The fourth-order valence-corrected chi connectivity index (χ4v) is 4.75. The van der Waals surface area contributed by atoms with Gasteiger partial charge in [0.25, 0.3) is 0 Å². The van der Waals surface area contributed by atoms with E-state index in [2.05, 4.69) is 27.0 Å². The molecule has 1 N–H and O–H groups in total. The molecule has 1 spiro atoms. The molecule has 1 unspecified atom stereocenters. The Balaban J connectivity index is 1.30. The summed E-state index contributed by atoms with van der Waals surface area (Å²) in [5.74, 6) is 0.952. The van der Waals surface area contributed by atoms with Gasteiger partial charge in [-0.1, -0.05) is 11.6 Å². The van der Waals surface area contributed by atoms with Gasteiger partial charge in [0.2, 0.25) is 5.91 Å². The van der Waals surface area contributed by atoms with E-state index in [0.717, 1.165) is 88.5 Å². The molecule has 0 bridgehead atoms. The Hall–Kier alpha value is -1.99. The van der Waals surface area contributed by atoms with Gasteiger partial charge in [0.1, 0.15) is 6.54 Å². The molecule has 1 atom stereocenters. The number of guanidine groups is 1. The lowest BCUT2D eigenvalue weighted by molar-refractivity contribution is -0.129. The summed E-state index contributed by atoms with van der Waals surface area (Å²) in [6, 6.07) is 7.88. The van der Waals surface area contributed by atoms with Crippen molar-refractivity contribution < 1.29 is 9.53 Å². The minimum absolute atomic E-state index is 0.0965. The molecule has 3 aliphatic heterocycles. The van der Waals surface area contributed by atoms with Gasteiger partial charge < -0.3 is 24.8 Å². The first-order valence-electron chi connectivity index (χ1n) is 11.0. The zero-order chi connectivity index (χ0) is 21.0. The number of likely N-dealkylation sites (tertiary alicyclic amines) is 1. The topological polar surface area (TPSA) is 60.4 Å². The van der Waals surface area contributed by atoms with Crippen molar-refractivity contribution in [3.63, 3.8) is 0 Å². The van der Waals surface area contributed by atoms with Gasteiger partial charge in [-0.25, -0.2) is 4.99 Å². The van der Waals surface area contributed by atoms with Crippen LogP contribution in [0.2, 0.25) is 5.02 Å². The second-order valence-electron chi connectivity index (χ2n) is 8.49. The second kappa shape index (κ2) is 9.43. The number of anilines is 1. The van der Waals surface area contributed by atoms with Crippen molar-refractivity contribution in [2.24, 2.45) is 10.4 Å². The molecule has 3 saturated heterocycles. The van der Waals surface area contributed by atoms with Crippen LogP contribution < -0.4 is 10.2 Å². The predicted octanol–water partition coefficient (Wildman–Crippen LogP) is 2.07. The summed E-state index contributed by atoms with van der Waals surface area (Å²) in [5.41, 5.74) is 1.43. The van der Waals surface area contributed by atoms with Crippen LogP contribution >= 0.6 is 11.6 Å². The first kappa shape index (κ1) is 21.2. The van der Waals surface area contributed by atoms with Crippen LogP contribution in [0.15, 0.2) is 29.3 Å².